The molecular weight excluding hydrogens is 258 g/mol. The van der Waals surface area contributed by atoms with Crippen LogP contribution in [0.5, 0.6) is 0 Å². The van der Waals surface area contributed by atoms with Crippen LogP contribution in [0.3, 0.4) is 0 Å². The molecule has 0 aliphatic carbocycles. The van der Waals surface area contributed by atoms with Crippen LogP contribution in [0.2, 0.25) is 0 Å². The number of amides is 2. The summed E-state index contributed by atoms with van der Waals surface area (Å²) in [6.07, 6.45) is -0.703. The van der Waals surface area contributed by atoms with Crippen molar-refractivity contribution in [3.8, 4) is 0 Å². The zero-order valence-electron chi connectivity index (χ0n) is 10.4. The van der Waals surface area contributed by atoms with Gasteiger partial charge in [-0.3, -0.25) is 14.4 Å². The van der Waals surface area contributed by atoms with Crippen LogP contribution in [0, 0.1) is 0 Å². The first-order chi connectivity index (χ1) is 8.77. The quantitative estimate of drug-likeness (QED) is 0.362. The lowest BCUT2D eigenvalue weighted by Crippen LogP contribution is -2.49. The molecule has 0 spiro atoms. The summed E-state index contributed by atoms with van der Waals surface area (Å²) < 4.78 is 4.35. The number of rotatable bonds is 8. The van der Waals surface area contributed by atoms with E-state index in [0.29, 0.717) is 0 Å². The smallest absolute Gasteiger partial charge is 0.326 e. The van der Waals surface area contributed by atoms with Crippen molar-refractivity contribution in [2.45, 2.75) is 31.3 Å². The summed E-state index contributed by atoms with van der Waals surface area (Å²) in [4.78, 5) is 43.8. The Hall–Kier alpha value is -2.16. The highest BCUT2D eigenvalue weighted by atomic mass is 16.5. The van der Waals surface area contributed by atoms with Crippen LogP contribution < -0.4 is 16.8 Å². The number of carbonyl (C=O) groups is 4. The van der Waals surface area contributed by atoms with Crippen molar-refractivity contribution in [1.82, 2.24) is 5.32 Å². The Bertz CT molecular complexity index is 370. The predicted molar refractivity (Wildman–Crippen MR) is 62.6 cm³/mol. The first-order valence-corrected chi connectivity index (χ1v) is 5.41. The van der Waals surface area contributed by atoms with Gasteiger partial charge in [0.2, 0.25) is 11.8 Å². The van der Waals surface area contributed by atoms with Crippen LogP contribution in [0.4, 0.5) is 0 Å². The van der Waals surface area contributed by atoms with Gasteiger partial charge in [-0.25, -0.2) is 4.79 Å². The lowest BCUT2D eigenvalue weighted by Gasteiger charge is -2.16. The highest BCUT2D eigenvalue weighted by Crippen LogP contribution is 2.00. The molecule has 0 radical (unpaired) electrons. The van der Waals surface area contributed by atoms with Gasteiger partial charge in [-0.2, -0.15) is 0 Å². The molecule has 6 N–H and O–H groups in total. The van der Waals surface area contributed by atoms with Crippen molar-refractivity contribution in [3.05, 3.63) is 0 Å². The number of aliphatic carboxylic acids is 1. The maximum absolute atomic E-state index is 11.5. The van der Waals surface area contributed by atoms with Gasteiger partial charge in [-0.05, 0) is 6.42 Å². The fourth-order valence-corrected chi connectivity index (χ4v) is 1.21. The van der Waals surface area contributed by atoms with E-state index < -0.39 is 42.3 Å². The molecule has 0 fully saturated rings. The number of esters is 1. The lowest BCUT2D eigenvalue weighted by atomic mass is 10.1. The molecule has 0 rings (SSSR count). The van der Waals surface area contributed by atoms with Crippen molar-refractivity contribution in [1.29, 1.82) is 0 Å². The van der Waals surface area contributed by atoms with Crippen molar-refractivity contribution in [3.63, 3.8) is 0 Å². The number of ether oxygens (including phenoxy) is 1. The second-order valence-corrected chi connectivity index (χ2v) is 3.79. The molecule has 1 unspecified atom stereocenters. The first-order valence-electron chi connectivity index (χ1n) is 5.41. The van der Waals surface area contributed by atoms with Gasteiger partial charge in [-0.1, -0.05) is 0 Å². The summed E-state index contributed by atoms with van der Waals surface area (Å²) in [5.41, 5.74) is 10.2. The number of carbonyl (C=O) groups excluding carboxylic acids is 3. The molecule has 0 saturated carbocycles. The third-order valence-corrected chi connectivity index (χ3v) is 2.24. The molecule has 0 aromatic rings. The Morgan fingerprint density at radius 3 is 2.32 bits per heavy atom. The summed E-state index contributed by atoms with van der Waals surface area (Å²) in [6.45, 7) is 0. The van der Waals surface area contributed by atoms with Crippen LogP contribution >= 0.6 is 0 Å². The third kappa shape index (κ3) is 6.99. The molecule has 9 heteroatoms. The summed E-state index contributed by atoms with van der Waals surface area (Å²) in [5, 5.41) is 11.0. The van der Waals surface area contributed by atoms with Gasteiger partial charge in [0.25, 0.3) is 0 Å². The zero-order chi connectivity index (χ0) is 15.0. The maximum atomic E-state index is 11.5. The van der Waals surface area contributed by atoms with Gasteiger partial charge in [0, 0.05) is 6.42 Å². The highest BCUT2D eigenvalue weighted by molar-refractivity contribution is 5.90. The van der Waals surface area contributed by atoms with Gasteiger partial charge in [0.1, 0.15) is 6.04 Å². The molecule has 9 nitrogen and oxygen atoms in total. The molecule has 0 aromatic heterocycles. The number of nitrogens with two attached hydrogens (primary N) is 2. The standard InChI is InChI=1S/C10H17N3O6/c1-19-8(15)3-2-6(10(17)18)13-9(16)5(11)4-7(12)14/h5-6H,2-4,11H2,1H3,(H2,12,14)(H,13,16)(H,17,18)/t5?,6-/m0/s1. The van der Waals surface area contributed by atoms with Crippen molar-refractivity contribution >= 4 is 23.8 Å². The average Bonchev–Trinajstić information content (AvgIpc) is 2.32. The molecular formula is C10H17N3O6. The summed E-state index contributed by atoms with van der Waals surface area (Å²) in [6, 6.07) is -2.51. The Balaban J connectivity index is 4.41. The van der Waals surface area contributed by atoms with Crippen molar-refractivity contribution < 1.29 is 29.0 Å². The van der Waals surface area contributed by atoms with Gasteiger partial charge in [0.15, 0.2) is 0 Å². The number of primary amides is 1. The Morgan fingerprint density at radius 1 is 1.32 bits per heavy atom. The maximum Gasteiger partial charge on any atom is 0.326 e. The van der Waals surface area contributed by atoms with E-state index in [4.69, 9.17) is 16.6 Å². The molecule has 19 heavy (non-hydrogen) atoms. The zero-order valence-corrected chi connectivity index (χ0v) is 10.4. The molecule has 108 valence electrons. The summed E-state index contributed by atoms with van der Waals surface area (Å²) in [7, 11) is 1.17. The fourth-order valence-electron chi connectivity index (χ4n) is 1.21. The monoisotopic (exact) mass is 275 g/mol. The number of carboxylic acids is 1. The van der Waals surface area contributed by atoms with Crippen molar-refractivity contribution in [2.24, 2.45) is 11.5 Å². The molecule has 2 atom stereocenters. The predicted octanol–water partition coefficient (Wildman–Crippen LogP) is -2.29. The lowest BCUT2D eigenvalue weighted by molar-refractivity contribution is -0.144. The van der Waals surface area contributed by atoms with Gasteiger partial charge in [-0.15, -0.1) is 0 Å². The van der Waals surface area contributed by atoms with Crippen LogP contribution in [-0.4, -0.2) is 48.1 Å². The van der Waals surface area contributed by atoms with Crippen LogP contribution in [0.15, 0.2) is 0 Å². The van der Waals surface area contributed by atoms with Gasteiger partial charge in [0.05, 0.1) is 19.6 Å². The minimum atomic E-state index is -1.32. The van der Waals surface area contributed by atoms with E-state index in [1.54, 1.807) is 0 Å². The second-order valence-electron chi connectivity index (χ2n) is 3.79. The van der Waals surface area contributed by atoms with Crippen molar-refractivity contribution in [2.75, 3.05) is 7.11 Å². The third-order valence-electron chi connectivity index (χ3n) is 2.24. The summed E-state index contributed by atoms with van der Waals surface area (Å²) >= 11 is 0. The normalized spacial score (nSPS) is 13.2. The molecule has 0 aliphatic heterocycles. The Kier molecular flexibility index (Phi) is 7.12. The number of nitrogens with one attached hydrogen (secondary N) is 1. The number of hydrogen-bond acceptors (Lipinski definition) is 6. The van der Waals surface area contributed by atoms with Gasteiger partial charge >= 0.3 is 11.9 Å². The Labute approximate surface area is 109 Å². The minimum Gasteiger partial charge on any atom is -0.480 e. The molecule has 0 saturated heterocycles. The fraction of sp³-hybridized carbons (Fsp3) is 0.600. The number of hydrogen-bond donors (Lipinski definition) is 4. The molecule has 0 aromatic carbocycles. The van der Waals surface area contributed by atoms with Crippen LogP contribution in [-0.2, 0) is 23.9 Å². The van der Waals surface area contributed by atoms with E-state index >= 15 is 0 Å². The minimum absolute atomic E-state index is 0.142. The molecule has 0 aliphatic rings. The van der Waals surface area contributed by atoms with Crippen LogP contribution in [0.25, 0.3) is 0 Å². The van der Waals surface area contributed by atoms with E-state index in [1.165, 1.54) is 7.11 Å². The van der Waals surface area contributed by atoms with E-state index in [9.17, 15) is 19.2 Å². The SMILES string of the molecule is COC(=O)CC[C@H](NC(=O)C(N)CC(N)=O)C(=O)O. The molecule has 0 bridgehead atoms. The van der Waals surface area contributed by atoms with E-state index in [0.717, 1.165) is 0 Å². The average molecular weight is 275 g/mol. The molecule has 0 heterocycles. The van der Waals surface area contributed by atoms with E-state index in [1.807, 2.05) is 0 Å². The second kappa shape index (κ2) is 8.03. The largest absolute Gasteiger partial charge is 0.480 e. The Morgan fingerprint density at radius 2 is 1.89 bits per heavy atom. The number of methoxy groups -OCH3 is 1. The van der Waals surface area contributed by atoms with Crippen LogP contribution in [0.1, 0.15) is 19.3 Å². The first kappa shape index (κ1) is 16.8. The molecule has 2 amide bonds. The van der Waals surface area contributed by atoms with Gasteiger partial charge < -0.3 is 26.6 Å². The summed E-state index contributed by atoms with van der Waals surface area (Å²) in [5.74, 6) is -3.51. The van der Waals surface area contributed by atoms with E-state index in [-0.39, 0.29) is 12.8 Å². The topological polar surface area (TPSA) is 162 Å². The van der Waals surface area contributed by atoms with E-state index in [2.05, 4.69) is 10.1 Å². The number of carboxylic acid groups (broad SMARTS) is 1. The highest BCUT2D eigenvalue weighted by Gasteiger charge is 2.24.